The highest BCUT2D eigenvalue weighted by Gasteiger charge is 2.12. The maximum Gasteiger partial charge on any atom is 0.240 e. The molecule has 2 amide bonds. The van der Waals surface area contributed by atoms with E-state index in [1.165, 1.54) is 11.3 Å². The highest BCUT2D eigenvalue weighted by Crippen LogP contribution is 2.24. The molecule has 6 nitrogen and oxygen atoms in total. The van der Waals surface area contributed by atoms with Crippen LogP contribution in [0.15, 0.2) is 29.8 Å². The molecule has 1 aromatic carbocycles. The van der Waals surface area contributed by atoms with E-state index < -0.39 is 0 Å². The van der Waals surface area contributed by atoms with Crippen molar-refractivity contribution < 1.29 is 9.59 Å². The Morgan fingerprint density at radius 2 is 1.87 bits per heavy atom. The molecule has 2 aromatic rings. The number of amides is 2. The maximum atomic E-state index is 11.9. The number of hydrogen-bond donors (Lipinski definition) is 2. The Morgan fingerprint density at radius 1 is 1.17 bits per heavy atom. The van der Waals surface area contributed by atoms with Gasteiger partial charge < -0.3 is 10.6 Å². The zero-order chi connectivity index (χ0) is 16.8. The van der Waals surface area contributed by atoms with Crippen LogP contribution in [0.2, 0.25) is 10.0 Å². The predicted molar refractivity (Wildman–Crippen MR) is 93.3 cm³/mol. The van der Waals surface area contributed by atoms with Gasteiger partial charge in [0, 0.05) is 17.3 Å². The van der Waals surface area contributed by atoms with Crippen molar-refractivity contribution >= 4 is 57.2 Å². The van der Waals surface area contributed by atoms with Gasteiger partial charge in [0.15, 0.2) is 5.13 Å². The molecule has 0 saturated heterocycles. The molecule has 122 valence electrons. The molecule has 0 aliphatic rings. The molecule has 0 aliphatic heterocycles. The Labute approximate surface area is 147 Å². The summed E-state index contributed by atoms with van der Waals surface area (Å²) >= 11 is 13.0. The van der Waals surface area contributed by atoms with Crippen LogP contribution in [0.1, 0.15) is 0 Å². The van der Waals surface area contributed by atoms with Gasteiger partial charge in [0.25, 0.3) is 0 Å². The number of carbonyl (C=O) groups is 2. The van der Waals surface area contributed by atoms with Crippen LogP contribution in [0, 0.1) is 0 Å². The molecule has 0 saturated carbocycles. The van der Waals surface area contributed by atoms with E-state index >= 15 is 0 Å². The number of likely N-dealkylation sites (N-methyl/N-ethyl adjacent to an activating group) is 1. The molecule has 1 aromatic heterocycles. The Hall–Kier alpha value is -1.67. The minimum Gasteiger partial charge on any atom is -0.325 e. The van der Waals surface area contributed by atoms with Crippen molar-refractivity contribution in [3.8, 4) is 0 Å². The summed E-state index contributed by atoms with van der Waals surface area (Å²) < 4.78 is 0. The number of benzene rings is 1. The average molecular weight is 373 g/mol. The second-order valence-corrected chi connectivity index (χ2v) is 6.44. The number of rotatable bonds is 6. The summed E-state index contributed by atoms with van der Waals surface area (Å²) in [7, 11) is 1.68. The smallest absolute Gasteiger partial charge is 0.240 e. The Bertz CT molecular complexity index is 694. The molecule has 23 heavy (non-hydrogen) atoms. The number of carbonyl (C=O) groups excluding carboxylic acids is 2. The lowest BCUT2D eigenvalue weighted by molar-refractivity contribution is -0.119. The summed E-state index contributed by atoms with van der Waals surface area (Å²) in [5.41, 5.74) is 0.546. The van der Waals surface area contributed by atoms with E-state index in [1.807, 2.05) is 0 Å². The second-order valence-electron chi connectivity index (χ2n) is 4.73. The summed E-state index contributed by atoms with van der Waals surface area (Å²) in [6.45, 7) is 0.139. The molecule has 0 bridgehead atoms. The first-order valence-corrected chi connectivity index (χ1v) is 8.20. The summed E-state index contributed by atoms with van der Waals surface area (Å²) in [6, 6.07) is 4.82. The number of nitrogens with one attached hydrogen (secondary N) is 2. The first-order chi connectivity index (χ1) is 10.9. The second kappa shape index (κ2) is 8.26. The third-order valence-electron chi connectivity index (χ3n) is 2.71. The molecule has 0 unspecified atom stereocenters. The minimum atomic E-state index is -0.257. The van der Waals surface area contributed by atoms with Gasteiger partial charge >= 0.3 is 0 Å². The van der Waals surface area contributed by atoms with Crippen LogP contribution in [-0.2, 0) is 9.59 Å². The van der Waals surface area contributed by atoms with Crippen LogP contribution < -0.4 is 10.6 Å². The van der Waals surface area contributed by atoms with Crippen LogP contribution >= 0.6 is 34.5 Å². The molecule has 1 heterocycles. The Kier molecular flexibility index (Phi) is 6.35. The fourth-order valence-corrected chi connectivity index (χ4v) is 2.61. The van der Waals surface area contributed by atoms with Gasteiger partial charge in [0.2, 0.25) is 11.8 Å². The number of anilines is 2. The lowest BCUT2D eigenvalue weighted by Gasteiger charge is -2.15. The Morgan fingerprint density at radius 3 is 2.48 bits per heavy atom. The van der Waals surface area contributed by atoms with Gasteiger partial charge in [-0.2, -0.15) is 0 Å². The highest BCUT2D eigenvalue weighted by molar-refractivity contribution is 7.13. The van der Waals surface area contributed by atoms with Crippen molar-refractivity contribution in [3.63, 3.8) is 0 Å². The molecule has 0 atom stereocenters. The minimum absolute atomic E-state index is 0.0610. The lowest BCUT2D eigenvalue weighted by Crippen LogP contribution is -2.36. The summed E-state index contributed by atoms with van der Waals surface area (Å²) in [5.74, 6) is -0.488. The zero-order valence-corrected chi connectivity index (χ0v) is 14.5. The number of thiazole rings is 1. The quantitative estimate of drug-likeness (QED) is 0.817. The maximum absolute atomic E-state index is 11.9. The largest absolute Gasteiger partial charge is 0.325 e. The van der Waals surface area contributed by atoms with Gasteiger partial charge in [-0.25, -0.2) is 4.98 Å². The van der Waals surface area contributed by atoms with E-state index in [1.54, 1.807) is 41.7 Å². The van der Waals surface area contributed by atoms with Crippen molar-refractivity contribution in [2.75, 3.05) is 30.8 Å². The van der Waals surface area contributed by atoms with E-state index in [0.717, 1.165) is 0 Å². The van der Waals surface area contributed by atoms with Gasteiger partial charge in [0.05, 0.1) is 23.1 Å². The molecular formula is C14H14Cl2N4O2S. The molecule has 0 spiro atoms. The molecule has 2 N–H and O–H groups in total. The highest BCUT2D eigenvalue weighted by atomic mass is 35.5. The first kappa shape index (κ1) is 17.7. The fourth-order valence-electron chi connectivity index (χ4n) is 1.76. The fraction of sp³-hybridized carbons (Fsp3) is 0.214. The topological polar surface area (TPSA) is 74.3 Å². The average Bonchev–Trinajstić information content (AvgIpc) is 2.95. The van der Waals surface area contributed by atoms with E-state index in [2.05, 4.69) is 15.6 Å². The van der Waals surface area contributed by atoms with Crippen LogP contribution in [0.5, 0.6) is 0 Å². The van der Waals surface area contributed by atoms with Gasteiger partial charge in [-0.1, -0.05) is 23.2 Å². The standard InChI is InChI=1S/C14H14Cl2N4O2S/c1-20(8-13(22)19-14-17-4-5-23-14)7-12(21)18-9-2-3-10(15)11(16)6-9/h2-6H,7-8H2,1H3,(H,18,21)(H,17,19,22). The number of nitrogens with zero attached hydrogens (tertiary/aromatic N) is 2. The molecular weight excluding hydrogens is 359 g/mol. The van der Waals surface area contributed by atoms with E-state index in [-0.39, 0.29) is 24.9 Å². The lowest BCUT2D eigenvalue weighted by atomic mass is 10.3. The molecule has 0 fully saturated rings. The summed E-state index contributed by atoms with van der Waals surface area (Å²) in [5, 5.41) is 8.42. The van der Waals surface area contributed by atoms with Crippen molar-refractivity contribution in [1.82, 2.24) is 9.88 Å². The van der Waals surface area contributed by atoms with Gasteiger partial charge in [-0.3, -0.25) is 14.5 Å². The molecule has 0 aliphatic carbocycles. The van der Waals surface area contributed by atoms with Crippen molar-refractivity contribution in [1.29, 1.82) is 0 Å². The van der Waals surface area contributed by atoms with Gasteiger partial charge in [-0.15, -0.1) is 11.3 Å². The van der Waals surface area contributed by atoms with Crippen LogP contribution in [0.4, 0.5) is 10.8 Å². The van der Waals surface area contributed by atoms with Crippen molar-refractivity contribution in [3.05, 3.63) is 39.8 Å². The number of halogens is 2. The van der Waals surface area contributed by atoms with Crippen LogP contribution in [0.3, 0.4) is 0 Å². The third-order valence-corrected chi connectivity index (χ3v) is 4.14. The number of hydrogen-bond acceptors (Lipinski definition) is 5. The predicted octanol–water partition coefficient (Wildman–Crippen LogP) is 2.96. The van der Waals surface area contributed by atoms with Gasteiger partial charge in [-0.05, 0) is 25.2 Å². The Balaban J connectivity index is 1.79. The van der Waals surface area contributed by atoms with E-state index in [4.69, 9.17) is 23.2 Å². The molecule has 0 radical (unpaired) electrons. The van der Waals surface area contributed by atoms with Gasteiger partial charge in [0.1, 0.15) is 0 Å². The number of aromatic nitrogens is 1. The van der Waals surface area contributed by atoms with Crippen LogP contribution in [0.25, 0.3) is 0 Å². The first-order valence-electron chi connectivity index (χ1n) is 6.57. The normalized spacial score (nSPS) is 10.6. The molecule has 2 rings (SSSR count). The molecule has 9 heteroatoms. The zero-order valence-electron chi connectivity index (χ0n) is 12.2. The van der Waals surface area contributed by atoms with Crippen molar-refractivity contribution in [2.45, 2.75) is 0 Å². The van der Waals surface area contributed by atoms with Crippen molar-refractivity contribution in [2.24, 2.45) is 0 Å². The van der Waals surface area contributed by atoms with E-state index in [9.17, 15) is 9.59 Å². The summed E-state index contributed by atoms with van der Waals surface area (Å²) in [6.07, 6.45) is 1.61. The third kappa shape index (κ3) is 5.80. The van der Waals surface area contributed by atoms with Crippen LogP contribution in [-0.4, -0.2) is 41.8 Å². The monoisotopic (exact) mass is 372 g/mol. The van der Waals surface area contributed by atoms with E-state index in [0.29, 0.717) is 20.9 Å². The SMILES string of the molecule is CN(CC(=O)Nc1ccc(Cl)c(Cl)c1)CC(=O)Nc1nccs1. The summed E-state index contributed by atoms with van der Waals surface area (Å²) in [4.78, 5) is 29.3.